The van der Waals surface area contributed by atoms with Crippen LogP contribution < -0.4 is 15.5 Å². The molecule has 4 rings (SSSR count). The Bertz CT molecular complexity index is 949. The van der Waals surface area contributed by atoms with E-state index in [1.54, 1.807) is 6.07 Å². The Labute approximate surface area is 175 Å². The van der Waals surface area contributed by atoms with Gasteiger partial charge >= 0.3 is 12.0 Å². The van der Waals surface area contributed by atoms with Gasteiger partial charge < -0.3 is 15.0 Å². The Hall–Kier alpha value is -3.16. The van der Waals surface area contributed by atoms with Crippen LogP contribution in [0.5, 0.6) is 0 Å². The summed E-state index contributed by atoms with van der Waals surface area (Å²) in [6.45, 7) is 1.13. The summed E-state index contributed by atoms with van der Waals surface area (Å²) in [5, 5.41) is 5.81. The predicted octanol–water partition coefficient (Wildman–Crippen LogP) is 2.76. The van der Waals surface area contributed by atoms with Gasteiger partial charge in [-0.2, -0.15) is 0 Å². The van der Waals surface area contributed by atoms with Crippen LogP contribution in [0.4, 0.5) is 10.6 Å². The number of hydrogen-bond acceptors (Lipinski definition) is 6. The van der Waals surface area contributed by atoms with E-state index in [1.807, 2.05) is 24.3 Å². The standard InChI is InChI=1S/C22H26N4O4/c27-19(25-22(29)23-16-8-2-3-9-16)14-30-21(28)17-13-15-7-1-4-10-18(15)24-20(17)26-11-5-6-12-26/h1,4,7,10,13,16H,2-3,5-6,8-9,11-12,14H2,(H2,23,25,27,29). The summed E-state index contributed by atoms with van der Waals surface area (Å²) < 4.78 is 5.21. The first-order valence-corrected chi connectivity index (χ1v) is 10.5. The molecule has 2 heterocycles. The smallest absolute Gasteiger partial charge is 0.342 e. The number of hydrogen-bond donors (Lipinski definition) is 2. The molecule has 30 heavy (non-hydrogen) atoms. The summed E-state index contributed by atoms with van der Waals surface area (Å²) >= 11 is 0. The Morgan fingerprint density at radius 2 is 1.80 bits per heavy atom. The highest BCUT2D eigenvalue weighted by atomic mass is 16.5. The number of benzene rings is 1. The lowest BCUT2D eigenvalue weighted by Gasteiger charge is -2.20. The molecular formula is C22H26N4O4. The van der Waals surface area contributed by atoms with Gasteiger partial charge in [-0.1, -0.05) is 31.0 Å². The van der Waals surface area contributed by atoms with Crippen molar-refractivity contribution in [2.45, 2.75) is 44.6 Å². The van der Waals surface area contributed by atoms with Crippen LogP contribution in [-0.4, -0.2) is 48.6 Å². The van der Waals surface area contributed by atoms with Gasteiger partial charge in [0.15, 0.2) is 6.61 Å². The van der Waals surface area contributed by atoms with Gasteiger partial charge in [0.2, 0.25) is 0 Å². The monoisotopic (exact) mass is 410 g/mol. The largest absolute Gasteiger partial charge is 0.452 e. The summed E-state index contributed by atoms with van der Waals surface area (Å²) in [6, 6.07) is 8.88. The van der Waals surface area contributed by atoms with Crippen molar-refractivity contribution < 1.29 is 19.1 Å². The summed E-state index contributed by atoms with van der Waals surface area (Å²) in [4.78, 5) is 43.4. The Balaban J connectivity index is 1.41. The third kappa shape index (κ3) is 4.69. The lowest BCUT2D eigenvalue weighted by molar-refractivity contribution is -0.123. The molecule has 3 amide bonds. The molecule has 2 aliphatic rings. The molecular weight excluding hydrogens is 384 g/mol. The second kappa shape index (κ2) is 9.11. The number of aromatic nitrogens is 1. The van der Waals surface area contributed by atoms with Gasteiger partial charge in [-0.05, 0) is 37.8 Å². The maximum atomic E-state index is 12.8. The highest BCUT2D eigenvalue weighted by Crippen LogP contribution is 2.27. The summed E-state index contributed by atoms with van der Waals surface area (Å²) in [5.74, 6) is -0.701. The molecule has 0 bridgehead atoms. The van der Waals surface area contributed by atoms with Crippen LogP contribution in [0.25, 0.3) is 10.9 Å². The number of urea groups is 1. The molecule has 1 aliphatic carbocycles. The third-order valence-corrected chi connectivity index (χ3v) is 5.61. The Morgan fingerprint density at radius 3 is 2.57 bits per heavy atom. The molecule has 1 saturated carbocycles. The van der Waals surface area contributed by atoms with E-state index in [2.05, 4.69) is 20.5 Å². The predicted molar refractivity (Wildman–Crippen MR) is 112 cm³/mol. The quantitative estimate of drug-likeness (QED) is 0.735. The van der Waals surface area contributed by atoms with Crippen LogP contribution in [0.15, 0.2) is 30.3 Å². The molecule has 8 nitrogen and oxygen atoms in total. The van der Waals surface area contributed by atoms with E-state index in [0.717, 1.165) is 62.5 Å². The molecule has 2 N–H and O–H groups in total. The minimum atomic E-state index is -0.657. The zero-order chi connectivity index (χ0) is 20.9. The van der Waals surface area contributed by atoms with E-state index in [1.165, 1.54) is 0 Å². The summed E-state index contributed by atoms with van der Waals surface area (Å²) in [7, 11) is 0. The van der Waals surface area contributed by atoms with Gasteiger partial charge in [-0.3, -0.25) is 10.1 Å². The highest BCUT2D eigenvalue weighted by molar-refractivity contribution is 6.01. The van der Waals surface area contributed by atoms with Crippen LogP contribution in [0.3, 0.4) is 0 Å². The van der Waals surface area contributed by atoms with Gasteiger partial charge in [0, 0.05) is 24.5 Å². The summed E-state index contributed by atoms with van der Waals surface area (Å²) in [6.07, 6.45) is 6.09. The maximum absolute atomic E-state index is 12.8. The second-order valence-corrected chi connectivity index (χ2v) is 7.83. The average Bonchev–Trinajstić information content (AvgIpc) is 3.45. The van der Waals surface area contributed by atoms with E-state index in [0.29, 0.717) is 11.4 Å². The Morgan fingerprint density at radius 1 is 1.07 bits per heavy atom. The van der Waals surface area contributed by atoms with Crippen LogP contribution in [0, 0.1) is 0 Å². The number of anilines is 1. The van der Waals surface area contributed by atoms with Gasteiger partial charge in [-0.25, -0.2) is 14.6 Å². The lowest BCUT2D eigenvalue weighted by atomic mass is 10.1. The molecule has 158 valence electrons. The van der Waals surface area contributed by atoms with Crippen molar-refractivity contribution in [3.05, 3.63) is 35.9 Å². The number of imide groups is 1. The van der Waals surface area contributed by atoms with Gasteiger partial charge in [0.05, 0.1) is 5.52 Å². The molecule has 0 unspecified atom stereocenters. The normalized spacial score (nSPS) is 16.6. The zero-order valence-electron chi connectivity index (χ0n) is 16.9. The fraction of sp³-hybridized carbons (Fsp3) is 0.455. The Kier molecular flexibility index (Phi) is 6.11. The zero-order valence-corrected chi connectivity index (χ0v) is 16.9. The molecule has 1 aromatic heterocycles. The first-order valence-electron chi connectivity index (χ1n) is 10.5. The van der Waals surface area contributed by atoms with Crippen LogP contribution in [0.2, 0.25) is 0 Å². The number of fused-ring (bicyclic) bond motifs is 1. The number of amides is 3. The molecule has 2 fully saturated rings. The van der Waals surface area contributed by atoms with Gasteiger partial charge in [-0.15, -0.1) is 0 Å². The topological polar surface area (TPSA) is 101 Å². The van der Waals surface area contributed by atoms with Crippen molar-refractivity contribution in [3.63, 3.8) is 0 Å². The molecule has 0 spiro atoms. The molecule has 0 radical (unpaired) electrons. The minimum absolute atomic E-state index is 0.104. The second-order valence-electron chi connectivity index (χ2n) is 7.83. The van der Waals surface area contributed by atoms with Crippen LogP contribution in [0.1, 0.15) is 48.9 Å². The first-order chi connectivity index (χ1) is 14.6. The molecule has 1 saturated heterocycles. The van der Waals surface area contributed by atoms with Crippen molar-refractivity contribution in [1.82, 2.24) is 15.6 Å². The van der Waals surface area contributed by atoms with Crippen molar-refractivity contribution in [1.29, 1.82) is 0 Å². The number of ether oxygens (including phenoxy) is 1. The van der Waals surface area contributed by atoms with Crippen molar-refractivity contribution in [2.24, 2.45) is 0 Å². The molecule has 1 aromatic carbocycles. The molecule has 2 aromatic rings. The average molecular weight is 410 g/mol. The fourth-order valence-corrected chi connectivity index (χ4v) is 4.09. The highest BCUT2D eigenvalue weighted by Gasteiger charge is 2.24. The number of nitrogens with one attached hydrogen (secondary N) is 2. The van der Waals surface area contributed by atoms with Crippen molar-refractivity contribution in [3.8, 4) is 0 Å². The van der Waals surface area contributed by atoms with Gasteiger partial charge in [0.1, 0.15) is 11.4 Å². The van der Waals surface area contributed by atoms with E-state index >= 15 is 0 Å². The molecule has 0 atom stereocenters. The fourth-order valence-electron chi connectivity index (χ4n) is 4.09. The third-order valence-electron chi connectivity index (χ3n) is 5.61. The number of carbonyl (C=O) groups is 3. The van der Waals surface area contributed by atoms with Crippen molar-refractivity contribution in [2.75, 3.05) is 24.6 Å². The van der Waals surface area contributed by atoms with Gasteiger partial charge in [0.25, 0.3) is 5.91 Å². The number of rotatable bonds is 5. The van der Waals surface area contributed by atoms with E-state index in [-0.39, 0.29) is 6.04 Å². The SMILES string of the molecule is O=C(COC(=O)c1cc2ccccc2nc1N1CCCC1)NC(=O)NC1CCCC1. The number of pyridine rings is 1. The van der Waals surface area contributed by atoms with Crippen LogP contribution in [-0.2, 0) is 9.53 Å². The minimum Gasteiger partial charge on any atom is -0.452 e. The lowest BCUT2D eigenvalue weighted by Crippen LogP contribution is -2.45. The van der Waals surface area contributed by atoms with E-state index in [9.17, 15) is 14.4 Å². The van der Waals surface area contributed by atoms with Crippen LogP contribution >= 0.6 is 0 Å². The molecule has 1 aliphatic heterocycles. The first kappa shape index (κ1) is 20.1. The number of carbonyl (C=O) groups excluding carboxylic acids is 3. The number of nitrogens with zero attached hydrogens (tertiary/aromatic N) is 2. The van der Waals surface area contributed by atoms with E-state index in [4.69, 9.17) is 4.74 Å². The van der Waals surface area contributed by atoms with Crippen molar-refractivity contribution >= 4 is 34.6 Å². The summed E-state index contributed by atoms with van der Waals surface area (Å²) in [5.41, 5.74) is 1.14. The molecule has 8 heteroatoms. The van der Waals surface area contributed by atoms with E-state index < -0.39 is 24.5 Å². The number of para-hydroxylation sites is 1. The maximum Gasteiger partial charge on any atom is 0.342 e. The number of esters is 1.